The van der Waals surface area contributed by atoms with Gasteiger partial charge in [0.2, 0.25) is 10.0 Å². The zero-order chi connectivity index (χ0) is 15.6. The zero-order valence-electron chi connectivity index (χ0n) is 12.0. The van der Waals surface area contributed by atoms with Crippen LogP contribution in [0.15, 0.2) is 29.2 Å². The van der Waals surface area contributed by atoms with Crippen LogP contribution < -0.4 is 10.0 Å². The first kappa shape index (κ1) is 16.9. The molecule has 0 spiro atoms. The van der Waals surface area contributed by atoms with E-state index < -0.39 is 24.6 Å². The molecule has 0 amide bonds. The number of hydrogen-bond donors (Lipinski definition) is 2. The molecule has 0 saturated carbocycles. The normalized spacial score (nSPS) is 13.2. The van der Waals surface area contributed by atoms with Crippen LogP contribution in [0.25, 0.3) is 0 Å². The Labute approximate surface area is 120 Å². The van der Waals surface area contributed by atoms with Crippen LogP contribution in [0, 0.1) is 0 Å². The molecule has 0 fully saturated rings. The maximum Gasteiger partial charge on any atom is 0.242 e. The summed E-state index contributed by atoms with van der Waals surface area (Å²) in [4.78, 5) is 0.0896. The third-order valence-corrected chi connectivity index (χ3v) is 6.75. The monoisotopic (exact) mass is 320 g/mol. The maximum absolute atomic E-state index is 12.2. The van der Waals surface area contributed by atoms with Gasteiger partial charge in [0.05, 0.1) is 10.4 Å². The lowest BCUT2D eigenvalue weighted by Gasteiger charge is -2.23. The van der Waals surface area contributed by atoms with E-state index in [9.17, 15) is 16.8 Å². The summed E-state index contributed by atoms with van der Waals surface area (Å²) in [5.74, 6) is 0. The van der Waals surface area contributed by atoms with Gasteiger partial charge in [-0.3, -0.25) is 0 Å². The topological polar surface area (TPSA) is 92.3 Å². The molecule has 8 heteroatoms. The third-order valence-electron chi connectivity index (χ3n) is 3.14. The Bertz CT molecular complexity index is 679. The van der Waals surface area contributed by atoms with E-state index in [-0.39, 0.29) is 11.4 Å². The van der Waals surface area contributed by atoms with Gasteiger partial charge in [-0.1, -0.05) is 12.1 Å². The van der Waals surface area contributed by atoms with Crippen molar-refractivity contribution < 1.29 is 16.8 Å². The second-order valence-corrected chi connectivity index (χ2v) is 9.49. The van der Waals surface area contributed by atoms with Gasteiger partial charge < -0.3 is 5.32 Å². The van der Waals surface area contributed by atoms with Crippen LogP contribution in [0.1, 0.15) is 13.8 Å². The van der Waals surface area contributed by atoms with Gasteiger partial charge in [0, 0.05) is 19.8 Å². The van der Waals surface area contributed by atoms with Gasteiger partial charge in [-0.15, -0.1) is 0 Å². The summed E-state index contributed by atoms with van der Waals surface area (Å²) in [5, 5.41) is 2.79. The summed E-state index contributed by atoms with van der Waals surface area (Å²) in [6.07, 6.45) is 1.09. The van der Waals surface area contributed by atoms with Crippen molar-refractivity contribution in [1.29, 1.82) is 0 Å². The van der Waals surface area contributed by atoms with E-state index >= 15 is 0 Å². The Morgan fingerprint density at radius 3 is 2.15 bits per heavy atom. The van der Waals surface area contributed by atoms with Crippen molar-refractivity contribution in [3.05, 3.63) is 24.3 Å². The van der Waals surface area contributed by atoms with Crippen molar-refractivity contribution in [3.8, 4) is 0 Å². The number of para-hydroxylation sites is 1. The van der Waals surface area contributed by atoms with Crippen molar-refractivity contribution in [2.45, 2.75) is 23.5 Å². The van der Waals surface area contributed by atoms with Gasteiger partial charge in [-0.05, 0) is 26.0 Å². The molecule has 1 aromatic rings. The fraction of sp³-hybridized carbons (Fsp3) is 0.500. The highest BCUT2D eigenvalue weighted by Gasteiger charge is 2.32. The molecule has 6 nitrogen and oxygen atoms in total. The summed E-state index contributed by atoms with van der Waals surface area (Å²) in [6.45, 7) is 2.77. The molecule has 0 aliphatic carbocycles. The van der Waals surface area contributed by atoms with Crippen LogP contribution in [-0.4, -0.2) is 41.4 Å². The third kappa shape index (κ3) is 3.71. The molecular formula is C12H20N2O4S2. The molecule has 0 aliphatic heterocycles. The van der Waals surface area contributed by atoms with Gasteiger partial charge in [-0.25, -0.2) is 21.6 Å². The SMILES string of the molecule is CNc1ccccc1S(=O)(=O)NCC(C)(C)S(C)(=O)=O. The van der Waals surface area contributed by atoms with Crippen molar-refractivity contribution in [2.75, 3.05) is 25.2 Å². The molecule has 0 saturated heterocycles. The van der Waals surface area contributed by atoms with E-state index in [1.165, 1.54) is 19.9 Å². The fourth-order valence-corrected chi connectivity index (χ4v) is 3.23. The molecule has 1 rings (SSSR count). The highest BCUT2D eigenvalue weighted by atomic mass is 32.2. The number of nitrogens with one attached hydrogen (secondary N) is 2. The lowest BCUT2D eigenvalue weighted by atomic mass is 10.2. The van der Waals surface area contributed by atoms with E-state index in [4.69, 9.17) is 0 Å². The lowest BCUT2D eigenvalue weighted by Crippen LogP contribution is -2.43. The van der Waals surface area contributed by atoms with E-state index in [1.54, 1.807) is 25.2 Å². The molecule has 1 aromatic carbocycles. The Hall–Kier alpha value is -1.12. The molecule has 0 heterocycles. The first-order valence-corrected chi connectivity index (χ1v) is 9.35. The number of anilines is 1. The van der Waals surface area contributed by atoms with Gasteiger partial charge in [-0.2, -0.15) is 0 Å². The van der Waals surface area contributed by atoms with Crippen LogP contribution in [0.4, 0.5) is 5.69 Å². The largest absolute Gasteiger partial charge is 0.387 e. The smallest absolute Gasteiger partial charge is 0.242 e. The lowest BCUT2D eigenvalue weighted by molar-refractivity contribution is 0.537. The van der Waals surface area contributed by atoms with Crippen LogP contribution in [0.2, 0.25) is 0 Å². The highest BCUT2D eigenvalue weighted by molar-refractivity contribution is 7.92. The number of rotatable bonds is 6. The predicted octanol–water partition coefficient (Wildman–Crippen LogP) is 0.830. The number of sulfone groups is 1. The summed E-state index contributed by atoms with van der Waals surface area (Å²) in [6, 6.07) is 6.42. The van der Waals surface area contributed by atoms with E-state index in [0.29, 0.717) is 5.69 Å². The summed E-state index contributed by atoms with van der Waals surface area (Å²) in [7, 11) is -5.52. The van der Waals surface area contributed by atoms with Crippen LogP contribution in [0.3, 0.4) is 0 Å². The number of benzene rings is 1. The maximum atomic E-state index is 12.2. The number of sulfonamides is 1. The Kier molecular flexibility index (Phi) is 4.83. The van der Waals surface area contributed by atoms with Gasteiger partial charge in [0.15, 0.2) is 9.84 Å². The fourth-order valence-electron chi connectivity index (χ4n) is 1.39. The zero-order valence-corrected chi connectivity index (χ0v) is 13.6. The predicted molar refractivity (Wildman–Crippen MR) is 80.1 cm³/mol. The molecule has 0 aliphatic rings. The average Bonchev–Trinajstić information content (AvgIpc) is 2.35. The second kappa shape index (κ2) is 5.71. The average molecular weight is 320 g/mol. The highest BCUT2D eigenvalue weighted by Crippen LogP contribution is 2.21. The van der Waals surface area contributed by atoms with Crippen molar-refractivity contribution in [3.63, 3.8) is 0 Å². The molecule has 0 bridgehead atoms. The summed E-state index contributed by atoms with van der Waals surface area (Å²) >= 11 is 0. The Balaban J connectivity index is 3.03. The quantitative estimate of drug-likeness (QED) is 0.810. The molecule has 0 unspecified atom stereocenters. The number of hydrogen-bond acceptors (Lipinski definition) is 5. The van der Waals surface area contributed by atoms with E-state index in [0.717, 1.165) is 6.26 Å². The van der Waals surface area contributed by atoms with Crippen molar-refractivity contribution in [1.82, 2.24) is 4.72 Å². The standard InChI is InChI=1S/C12H20N2O4S2/c1-12(2,19(4,15)16)9-14-20(17,18)11-8-6-5-7-10(11)13-3/h5-8,13-14H,9H2,1-4H3. The van der Waals surface area contributed by atoms with Gasteiger partial charge in [0.1, 0.15) is 4.90 Å². The summed E-state index contributed by atoms with van der Waals surface area (Å²) in [5.41, 5.74) is 0.456. The first-order chi connectivity index (χ1) is 9.01. The van der Waals surface area contributed by atoms with Crippen LogP contribution in [0.5, 0.6) is 0 Å². The Morgan fingerprint density at radius 2 is 1.65 bits per heavy atom. The minimum absolute atomic E-state index is 0.0896. The van der Waals surface area contributed by atoms with Gasteiger partial charge >= 0.3 is 0 Å². The second-order valence-electron chi connectivity index (χ2n) is 5.10. The molecule has 114 valence electrons. The van der Waals surface area contributed by atoms with Crippen LogP contribution in [-0.2, 0) is 19.9 Å². The first-order valence-electron chi connectivity index (χ1n) is 5.97. The van der Waals surface area contributed by atoms with E-state index in [2.05, 4.69) is 10.0 Å². The molecule has 0 radical (unpaired) electrons. The molecule has 0 atom stereocenters. The minimum atomic E-state index is -3.77. The molecular weight excluding hydrogens is 300 g/mol. The summed E-state index contributed by atoms with van der Waals surface area (Å²) < 4.78 is 48.8. The molecule has 2 N–H and O–H groups in total. The minimum Gasteiger partial charge on any atom is -0.387 e. The Morgan fingerprint density at radius 1 is 1.10 bits per heavy atom. The van der Waals surface area contributed by atoms with Gasteiger partial charge in [0.25, 0.3) is 0 Å². The molecule has 20 heavy (non-hydrogen) atoms. The van der Waals surface area contributed by atoms with Crippen molar-refractivity contribution >= 4 is 25.5 Å². The van der Waals surface area contributed by atoms with E-state index in [1.807, 2.05) is 0 Å². The molecule has 0 aromatic heterocycles. The van der Waals surface area contributed by atoms with Crippen LogP contribution >= 0.6 is 0 Å². The van der Waals surface area contributed by atoms with Crippen molar-refractivity contribution in [2.24, 2.45) is 0 Å².